The molecular formula is C15H14BClFN3. The van der Waals surface area contributed by atoms with Crippen LogP contribution in [-0.4, -0.2) is 35.8 Å². The standard InChI is InChI=1S/C15H14BClFN3/c1-16-13-3-2-8-21(13)15-19-12(9-14(17)20-15)10-4-6-11(18)7-5-10/h4-7,9,13H,1-3,8H2. The fourth-order valence-electron chi connectivity index (χ4n) is 2.59. The number of benzene rings is 1. The van der Waals surface area contributed by atoms with E-state index in [1.165, 1.54) is 12.1 Å². The van der Waals surface area contributed by atoms with E-state index in [0.29, 0.717) is 16.8 Å². The van der Waals surface area contributed by atoms with Crippen molar-refractivity contribution in [3.63, 3.8) is 0 Å². The Bertz CT molecular complexity index is 662. The summed E-state index contributed by atoms with van der Waals surface area (Å²) in [5.74, 6) is 0.569. The van der Waals surface area contributed by atoms with Crippen LogP contribution >= 0.6 is 11.6 Å². The Morgan fingerprint density at radius 3 is 2.76 bits per heavy atom. The third kappa shape index (κ3) is 2.98. The molecule has 2 aromatic rings. The van der Waals surface area contributed by atoms with Crippen molar-refractivity contribution in [2.75, 3.05) is 11.4 Å². The van der Waals surface area contributed by atoms with Gasteiger partial charge in [0.15, 0.2) is 0 Å². The van der Waals surface area contributed by atoms with Crippen molar-refractivity contribution in [1.29, 1.82) is 0 Å². The van der Waals surface area contributed by atoms with E-state index in [2.05, 4.69) is 21.3 Å². The van der Waals surface area contributed by atoms with Gasteiger partial charge in [0.25, 0.3) is 0 Å². The minimum absolute atomic E-state index is 0.240. The molecular weight excluding hydrogens is 287 g/mol. The molecule has 0 saturated carbocycles. The van der Waals surface area contributed by atoms with E-state index in [1.54, 1.807) is 18.2 Å². The van der Waals surface area contributed by atoms with E-state index in [4.69, 9.17) is 11.6 Å². The second kappa shape index (κ2) is 5.94. The van der Waals surface area contributed by atoms with Crippen LogP contribution in [0.5, 0.6) is 0 Å². The number of aromatic nitrogens is 2. The Labute approximate surface area is 128 Å². The second-order valence-electron chi connectivity index (χ2n) is 5.02. The molecule has 21 heavy (non-hydrogen) atoms. The summed E-state index contributed by atoms with van der Waals surface area (Å²) in [6.07, 6.45) is 2.13. The average molecular weight is 302 g/mol. The third-order valence-electron chi connectivity index (χ3n) is 3.65. The van der Waals surface area contributed by atoms with Gasteiger partial charge in [-0.25, -0.2) is 0 Å². The average Bonchev–Trinajstić information content (AvgIpc) is 2.96. The molecule has 0 radical (unpaired) electrons. The maximum atomic E-state index is 13.0. The Balaban J connectivity index is 2.00. The summed E-state index contributed by atoms with van der Waals surface area (Å²) in [4.78, 5) is 11.0. The van der Waals surface area contributed by atoms with Crippen molar-refractivity contribution in [2.24, 2.45) is 0 Å². The molecule has 1 aromatic carbocycles. The van der Waals surface area contributed by atoms with E-state index >= 15 is 0 Å². The second-order valence-corrected chi connectivity index (χ2v) is 5.41. The summed E-state index contributed by atoms with van der Waals surface area (Å²) in [5, 5.41) is 0.383. The summed E-state index contributed by atoms with van der Waals surface area (Å²) in [6, 6.07) is 7.89. The van der Waals surface area contributed by atoms with Crippen LogP contribution in [-0.2, 0) is 0 Å². The van der Waals surface area contributed by atoms with Gasteiger partial charge in [-0.15, -0.1) is 0 Å². The van der Waals surface area contributed by atoms with Gasteiger partial charge in [-0.2, -0.15) is 0 Å². The monoisotopic (exact) mass is 301 g/mol. The molecule has 0 bridgehead atoms. The van der Waals surface area contributed by atoms with Crippen molar-refractivity contribution in [1.82, 2.24) is 9.97 Å². The summed E-state index contributed by atoms with van der Waals surface area (Å²) < 4.78 is 13.0. The molecule has 3 nitrogen and oxygen atoms in total. The molecule has 1 aliphatic heterocycles. The van der Waals surface area contributed by atoms with E-state index in [9.17, 15) is 4.39 Å². The van der Waals surface area contributed by atoms with Crippen LogP contribution in [0.1, 0.15) is 12.8 Å². The van der Waals surface area contributed by atoms with Gasteiger partial charge in [0, 0.05) is 0 Å². The molecule has 2 heterocycles. The number of hydrogen-bond acceptors (Lipinski definition) is 3. The van der Waals surface area contributed by atoms with Crippen molar-refractivity contribution >= 4 is 30.9 Å². The van der Waals surface area contributed by atoms with Gasteiger partial charge in [-0.3, -0.25) is 0 Å². The van der Waals surface area contributed by atoms with Crippen LogP contribution in [0.4, 0.5) is 10.3 Å². The normalized spacial score (nSPS) is 17.8. The van der Waals surface area contributed by atoms with Gasteiger partial charge in [-0.05, 0) is 0 Å². The third-order valence-corrected chi connectivity index (χ3v) is 3.84. The van der Waals surface area contributed by atoms with Crippen molar-refractivity contribution in [3.8, 4) is 11.3 Å². The molecule has 1 fully saturated rings. The van der Waals surface area contributed by atoms with Crippen LogP contribution in [0, 0.1) is 5.82 Å². The topological polar surface area (TPSA) is 29.0 Å². The first-order valence-electron chi connectivity index (χ1n) is 6.87. The zero-order chi connectivity index (χ0) is 14.8. The van der Waals surface area contributed by atoms with Gasteiger partial charge in [0.05, 0.1) is 0 Å². The van der Waals surface area contributed by atoms with Crippen LogP contribution < -0.4 is 4.90 Å². The molecule has 0 spiro atoms. The molecule has 0 amide bonds. The van der Waals surface area contributed by atoms with Crippen LogP contribution in [0.3, 0.4) is 0 Å². The molecule has 0 aliphatic carbocycles. The SMILES string of the molecule is C=BC1CCCN1c1nc(Cl)cc(-c2ccc(F)cc2)n1. The molecule has 1 saturated heterocycles. The first kappa shape index (κ1) is 14.2. The molecule has 1 atom stereocenters. The summed E-state index contributed by atoms with van der Waals surface area (Å²) >= 11 is 6.12. The Morgan fingerprint density at radius 2 is 2.05 bits per heavy atom. The quantitative estimate of drug-likeness (QED) is 0.644. The molecule has 106 valence electrons. The number of anilines is 1. The molecule has 0 N–H and O–H groups in total. The van der Waals surface area contributed by atoms with Gasteiger partial charge in [0.2, 0.25) is 0 Å². The summed E-state index contributed by atoms with van der Waals surface area (Å²) in [5.41, 5.74) is 1.51. The van der Waals surface area contributed by atoms with E-state index in [1.807, 2.05) is 6.92 Å². The van der Waals surface area contributed by atoms with Crippen molar-refractivity contribution < 1.29 is 4.39 Å². The van der Waals surface area contributed by atoms with Crippen LogP contribution in [0.15, 0.2) is 30.3 Å². The molecule has 1 unspecified atom stereocenters. The van der Waals surface area contributed by atoms with Gasteiger partial charge in [0.1, 0.15) is 0 Å². The number of hydrogen-bond donors (Lipinski definition) is 0. The van der Waals surface area contributed by atoms with Crippen molar-refractivity contribution in [2.45, 2.75) is 18.8 Å². The van der Waals surface area contributed by atoms with Gasteiger partial charge < -0.3 is 0 Å². The zero-order valence-electron chi connectivity index (χ0n) is 11.5. The molecule has 1 aromatic heterocycles. The minimum atomic E-state index is -0.273. The predicted octanol–water partition coefficient (Wildman–Crippen LogP) is 3.00. The van der Waals surface area contributed by atoms with Crippen molar-refractivity contribution in [3.05, 3.63) is 41.3 Å². The van der Waals surface area contributed by atoms with E-state index < -0.39 is 0 Å². The maximum absolute atomic E-state index is 13.0. The van der Waals surface area contributed by atoms with Gasteiger partial charge in [-0.1, -0.05) is 0 Å². The number of rotatable bonds is 3. The van der Waals surface area contributed by atoms with E-state index in [-0.39, 0.29) is 11.8 Å². The van der Waals surface area contributed by atoms with Gasteiger partial charge >= 0.3 is 128 Å². The Kier molecular flexibility index (Phi) is 4.02. The van der Waals surface area contributed by atoms with Crippen LogP contribution in [0.2, 0.25) is 5.15 Å². The molecule has 3 rings (SSSR count). The fraction of sp³-hybridized carbons (Fsp3) is 0.267. The summed E-state index contributed by atoms with van der Waals surface area (Å²) in [7, 11) is 0. The summed E-state index contributed by atoms with van der Waals surface area (Å²) in [6.45, 7) is 6.66. The molecule has 1 aliphatic rings. The molecule has 6 heteroatoms. The first-order valence-corrected chi connectivity index (χ1v) is 7.25. The zero-order valence-corrected chi connectivity index (χ0v) is 12.2. The fourth-order valence-corrected chi connectivity index (χ4v) is 2.77. The number of halogens is 2. The Morgan fingerprint density at radius 1 is 1.29 bits per heavy atom. The first-order chi connectivity index (χ1) is 10.2. The van der Waals surface area contributed by atoms with E-state index in [0.717, 1.165) is 24.9 Å². The predicted molar refractivity (Wildman–Crippen MR) is 85.7 cm³/mol. The van der Waals surface area contributed by atoms with Crippen LogP contribution in [0.25, 0.3) is 11.3 Å². The number of nitrogens with zero attached hydrogens (tertiary/aromatic N) is 3. The Hall–Kier alpha value is -1.75.